The molecule has 5 heteroatoms. The molecule has 5 nitrogen and oxygen atoms in total. The number of hydrogen-bond donors (Lipinski definition) is 0. The maximum atomic E-state index is 11.1. The van der Waals surface area contributed by atoms with E-state index >= 15 is 0 Å². The van der Waals surface area contributed by atoms with Crippen LogP contribution in [0.1, 0.15) is 21.5 Å². The maximum absolute atomic E-state index is 11.1. The van der Waals surface area contributed by atoms with Crippen LogP contribution in [0.15, 0.2) is 66.7 Å². The number of carboxylic acid groups (broad SMARTS) is 1. The zero-order valence-corrected chi connectivity index (χ0v) is 15.5. The Labute approximate surface area is 162 Å². The first-order chi connectivity index (χ1) is 13.5. The highest BCUT2D eigenvalue weighted by atomic mass is 16.5. The Morgan fingerprint density at radius 3 is 2.39 bits per heavy atom. The van der Waals surface area contributed by atoms with Crippen molar-refractivity contribution in [3.8, 4) is 22.9 Å². The molecule has 0 aliphatic heterocycles. The number of carbonyl (C=O) groups is 1. The lowest BCUT2D eigenvalue weighted by molar-refractivity contribution is -0.255. The molecule has 0 fully saturated rings. The van der Waals surface area contributed by atoms with E-state index in [9.17, 15) is 9.90 Å². The van der Waals surface area contributed by atoms with Crippen LogP contribution in [0.4, 0.5) is 0 Å². The fraction of sp³-hybridized carbons (Fsp3) is 0.0870. The molecule has 0 amide bonds. The molecule has 4 rings (SSSR count). The fourth-order valence-corrected chi connectivity index (χ4v) is 3.05. The van der Waals surface area contributed by atoms with Gasteiger partial charge in [0.1, 0.15) is 11.4 Å². The Morgan fingerprint density at radius 2 is 1.64 bits per heavy atom. The van der Waals surface area contributed by atoms with E-state index in [1.165, 1.54) is 23.3 Å². The van der Waals surface area contributed by atoms with Gasteiger partial charge in [-0.2, -0.15) is 0 Å². The van der Waals surface area contributed by atoms with Crippen molar-refractivity contribution in [2.75, 3.05) is 0 Å². The third-order valence-corrected chi connectivity index (χ3v) is 4.72. The Morgan fingerprint density at radius 1 is 0.857 bits per heavy atom. The first-order valence-electron chi connectivity index (χ1n) is 8.85. The SMILES string of the molecule is Cc1ccc(-c2nnc(Oc3cccc(C(=O)[O-])c3)c3ccccc23)cc1C. The zero-order valence-electron chi connectivity index (χ0n) is 15.5. The molecule has 0 bridgehead atoms. The third-order valence-electron chi connectivity index (χ3n) is 4.72. The number of carbonyl (C=O) groups excluding carboxylic acids is 1. The molecule has 0 saturated carbocycles. The molecular weight excluding hydrogens is 352 g/mol. The molecule has 0 radical (unpaired) electrons. The van der Waals surface area contributed by atoms with Crippen molar-refractivity contribution in [2.24, 2.45) is 0 Å². The standard InChI is InChI=1S/C23H18N2O3/c1-14-10-11-16(12-15(14)2)21-19-8-3-4-9-20(19)22(25-24-21)28-18-7-5-6-17(13-18)23(26)27/h3-13H,1-2H3,(H,26,27)/p-1. The molecule has 4 aromatic rings. The molecule has 28 heavy (non-hydrogen) atoms. The molecule has 0 unspecified atom stereocenters. The van der Waals surface area contributed by atoms with Gasteiger partial charge in [-0.3, -0.25) is 0 Å². The normalized spacial score (nSPS) is 10.8. The summed E-state index contributed by atoms with van der Waals surface area (Å²) in [6.07, 6.45) is 0. The van der Waals surface area contributed by atoms with Crippen molar-refractivity contribution >= 4 is 16.7 Å². The Hall–Kier alpha value is -3.73. The summed E-state index contributed by atoms with van der Waals surface area (Å²) in [7, 11) is 0. The van der Waals surface area contributed by atoms with Crippen LogP contribution < -0.4 is 9.84 Å². The topological polar surface area (TPSA) is 75.1 Å². The molecule has 0 atom stereocenters. The van der Waals surface area contributed by atoms with Crippen molar-refractivity contribution in [2.45, 2.75) is 13.8 Å². The quantitative estimate of drug-likeness (QED) is 0.542. The number of carboxylic acids is 1. The predicted molar refractivity (Wildman–Crippen MR) is 105 cm³/mol. The highest BCUT2D eigenvalue weighted by Crippen LogP contribution is 2.33. The van der Waals surface area contributed by atoms with Gasteiger partial charge in [-0.15, -0.1) is 10.2 Å². The zero-order chi connectivity index (χ0) is 19.7. The monoisotopic (exact) mass is 369 g/mol. The van der Waals surface area contributed by atoms with Crippen LogP contribution in [0.2, 0.25) is 0 Å². The number of rotatable bonds is 4. The van der Waals surface area contributed by atoms with Gasteiger partial charge in [0.2, 0.25) is 5.88 Å². The molecule has 1 heterocycles. The average molecular weight is 369 g/mol. The van der Waals surface area contributed by atoms with Gasteiger partial charge in [0.25, 0.3) is 0 Å². The van der Waals surface area contributed by atoms with Gasteiger partial charge in [-0.1, -0.05) is 42.5 Å². The molecule has 0 spiro atoms. The van der Waals surface area contributed by atoms with Gasteiger partial charge in [-0.25, -0.2) is 0 Å². The van der Waals surface area contributed by atoms with Gasteiger partial charge in [-0.05, 0) is 49.2 Å². The lowest BCUT2D eigenvalue weighted by Gasteiger charge is -2.12. The van der Waals surface area contributed by atoms with Crippen LogP contribution in [-0.4, -0.2) is 16.2 Å². The van der Waals surface area contributed by atoms with E-state index in [0.29, 0.717) is 11.6 Å². The summed E-state index contributed by atoms with van der Waals surface area (Å²) in [6.45, 7) is 4.14. The van der Waals surface area contributed by atoms with E-state index in [1.807, 2.05) is 30.3 Å². The van der Waals surface area contributed by atoms with Gasteiger partial charge < -0.3 is 14.6 Å². The van der Waals surface area contributed by atoms with E-state index in [4.69, 9.17) is 4.74 Å². The summed E-state index contributed by atoms with van der Waals surface area (Å²) in [5, 5.41) is 21.4. The molecule has 0 aliphatic carbocycles. The number of aryl methyl sites for hydroxylation is 2. The van der Waals surface area contributed by atoms with E-state index in [0.717, 1.165) is 22.0 Å². The molecule has 0 saturated heterocycles. The molecule has 3 aromatic carbocycles. The Bertz CT molecular complexity index is 1200. The van der Waals surface area contributed by atoms with Gasteiger partial charge in [0.15, 0.2) is 0 Å². The number of aromatic nitrogens is 2. The number of benzene rings is 3. The minimum Gasteiger partial charge on any atom is -0.545 e. The van der Waals surface area contributed by atoms with Crippen molar-refractivity contribution in [3.63, 3.8) is 0 Å². The maximum Gasteiger partial charge on any atom is 0.246 e. The Balaban J connectivity index is 1.81. The van der Waals surface area contributed by atoms with E-state index in [1.54, 1.807) is 12.1 Å². The summed E-state index contributed by atoms with van der Waals surface area (Å²) in [4.78, 5) is 11.1. The van der Waals surface area contributed by atoms with Crippen molar-refractivity contribution < 1.29 is 14.6 Å². The van der Waals surface area contributed by atoms with Crippen LogP contribution in [0.3, 0.4) is 0 Å². The van der Waals surface area contributed by atoms with Crippen LogP contribution in [0.25, 0.3) is 22.0 Å². The summed E-state index contributed by atoms with van der Waals surface area (Å²) in [5.41, 5.74) is 4.20. The highest BCUT2D eigenvalue weighted by molar-refractivity contribution is 5.97. The molecule has 0 N–H and O–H groups in total. The lowest BCUT2D eigenvalue weighted by Crippen LogP contribution is -2.22. The lowest BCUT2D eigenvalue weighted by atomic mass is 10.0. The second-order valence-electron chi connectivity index (χ2n) is 6.62. The van der Waals surface area contributed by atoms with Crippen molar-refractivity contribution in [1.29, 1.82) is 0 Å². The van der Waals surface area contributed by atoms with Crippen LogP contribution >= 0.6 is 0 Å². The number of ether oxygens (including phenoxy) is 1. The minimum absolute atomic E-state index is 0.0431. The number of aromatic carboxylic acids is 1. The first-order valence-corrected chi connectivity index (χ1v) is 8.85. The Kier molecular flexibility index (Phi) is 4.49. The van der Waals surface area contributed by atoms with E-state index in [-0.39, 0.29) is 5.56 Å². The molecular formula is C23H17N2O3-. The number of fused-ring (bicyclic) bond motifs is 1. The highest BCUT2D eigenvalue weighted by Gasteiger charge is 2.13. The van der Waals surface area contributed by atoms with Crippen molar-refractivity contribution in [3.05, 3.63) is 83.4 Å². The number of nitrogens with zero attached hydrogens (tertiary/aromatic N) is 2. The van der Waals surface area contributed by atoms with E-state index in [2.05, 4.69) is 36.2 Å². The number of hydrogen-bond acceptors (Lipinski definition) is 5. The minimum atomic E-state index is -1.26. The summed E-state index contributed by atoms with van der Waals surface area (Å²) < 4.78 is 5.85. The van der Waals surface area contributed by atoms with Crippen molar-refractivity contribution in [1.82, 2.24) is 10.2 Å². The van der Waals surface area contributed by atoms with E-state index < -0.39 is 5.97 Å². The third kappa shape index (κ3) is 3.30. The molecule has 138 valence electrons. The fourth-order valence-electron chi connectivity index (χ4n) is 3.05. The second-order valence-corrected chi connectivity index (χ2v) is 6.62. The average Bonchev–Trinajstić information content (AvgIpc) is 2.71. The van der Waals surface area contributed by atoms with Crippen LogP contribution in [0, 0.1) is 13.8 Å². The molecule has 0 aliphatic rings. The molecule has 1 aromatic heterocycles. The second kappa shape index (κ2) is 7.12. The predicted octanol–water partition coefficient (Wildman–Crippen LogP) is 4.07. The largest absolute Gasteiger partial charge is 0.545 e. The summed E-state index contributed by atoms with van der Waals surface area (Å²) >= 11 is 0. The summed E-state index contributed by atoms with van der Waals surface area (Å²) in [6, 6.07) is 20.0. The van der Waals surface area contributed by atoms with Crippen LogP contribution in [-0.2, 0) is 0 Å². The van der Waals surface area contributed by atoms with Gasteiger partial charge in [0, 0.05) is 21.9 Å². The van der Waals surface area contributed by atoms with Gasteiger partial charge in [0.05, 0.1) is 5.97 Å². The smallest absolute Gasteiger partial charge is 0.246 e. The van der Waals surface area contributed by atoms with Crippen LogP contribution in [0.5, 0.6) is 11.6 Å². The summed E-state index contributed by atoms with van der Waals surface area (Å²) in [5.74, 6) is -0.578. The van der Waals surface area contributed by atoms with Gasteiger partial charge >= 0.3 is 0 Å². The first kappa shape index (κ1) is 17.7.